The van der Waals surface area contributed by atoms with Gasteiger partial charge < -0.3 is 15.5 Å². The third-order valence-corrected chi connectivity index (χ3v) is 3.99. The van der Waals surface area contributed by atoms with Gasteiger partial charge in [0, 0.05) is 12.1 Å². The number of carboxylic acids is 1. The molecule has 0 radical (unpaired) electrons. The van der Waals surface area contributed by atoms with Gasteiger partial charge in [0.2, 0.25) is 5.91 Å². The van der Waals surface area contributed by atoms with E-state index >= 15 is 0 Å². The second kappa shape index (κ2) is 5.53. The summed E-state index contributed by atoms with van der Waals surface area (Å²) >= 11 is 0. The molecule has 1 saturated carbocycles. The van der Waals surface area contributed by atoms with Gasteiger partial charge in [-0.3, -0.25) is 9.59 Å². The largest absolute Gasteiger partial charge is 0.508 e. The summed E-state index contributed by atoms with van der Waals surface area (Å²) in [4.78, 5) is 23.4. The SMILES string of the molecule is Cc1cc(NC(=O)CC2(C(=O)O)CCCC2)ccc1O. The van der Waals surface area contributed by atoms with Crippen LogP contribution in [-0.2, 0) is 9.59 Å². The number of aliphatic carboxylic acids is 1. The molecule has 1 fully saturated rings. The van der Waals surface area contributed by atoms with Gasteiger partial charge in [-0.05, 0) is 43.5 Å². The minimum Gasteiger partial charge on any atom is -0.508 e. The molecule has 0 aromatic heterocycles. The van der Waals surface area contributed by atoms with Crippen LogP contribution in [0.1, 0.15) is 37.7 Å². The van der Waals surface area contributed by atoms with Crippen LogP contribution in [0.25, 0.3) is 0 Å². The highest BCUT2D eigenvalue weighted by Gasteiger charge is 2.42. The Morgan fingerprint density at radius 2 is 1.95 bits per heavy atom. The third kappa shape index (κ3) is 2.92. The molecule has 2 rings (SSSR count). The predicted molar refractivity (Wildman–Crippen MR) is 74.6 cm³/mol. The maximum atomic E-state index is 12.0. The van der Waals surface area contributed by atoms with Gasteiger partial charge >= 0.3 is 5.97 Å². The molecule has 1 aromatic rings. The summed E-state index contributed by atoms with van der Waals surface area (Å²) in [5, 5.41) is 21.5. The fourth-order valence-corrected chi connectivity index (χ4v) is 2.76. The van der Waals surface area contributed by atoms with Gasteiger partial charge in [0.25, 0.3) is 0 Å². The fraction of sp³-hybridized carbons (Fsp3) is 0.467. The third-order valence-electron chi connectivity index (χ3n) is 3.99. The van der Waals surface area contributed by atoms with Gasteiger partial charge in [0.05, 0.1) is 5.41 Å². The van der Waals surface area contributed by atoms with Gasteiger partial charge in [-0.2, -0.15) is 0 Å². The van der Waals surface area contributed by atoms with Crippen molar-refractivity contribution in [2.75, 3.05) is 5.32 Å². The Hall–Kier alpha value is -2.04. The number of aromatic hydroxyl groups is 1. The first-order valence-electron chi connectivity index (χ1n) is 6.76. The first-order valence-corrected chi connectivity index (χ1v) is 6.76. The number of phenols is 1. The predicted octanol–water partition coefficient (Wildman–Crippen LogP) is 2.67. The Morgan fingerprint density at radius 1 is 1.30 bits per heavy atom. The molecule has 0 atom stereocenters. The van der Waals surface area contributed by atoms with Crippen LogP contribution in [-0.4, -0.2) is 22.1 Å². The zero-order valence-corrected chi connectivity index (χ0v) is 11.5. The number of carbonyl (C=O) groups is 2. The van der Waals surface area contributed by atoms with E-state index < -0.39 is 11.4 Å². The number of aryl methyl sites for hydroxylation is 1. The van der Waals surface area contributed by atoms with Crippen molar-refractivity contribution in [3.63, 3.8) is 0 Å². The molecule has 0 heterocycles. The van der Waals surface area contributed by atoms with Crippen LogP contribution in [0.3, 0.4) is 0 Å². The van der Waals surface area contributed by atoms with E-state index in [1.807, 2.05) is 0 Å². The zero-order valence-electron chi connectivity index (χ0n) is 11.5. The average Bonchev–Trinajstić information content (AvgIpc) is 2.83. The lowest BCUT2D eigenvalue weighted by Gasteiger charge is -2.22. The molecule has 1 aliphatic rings. The Morgan fingerprint density at radius 3 is 2.50 bits per heavy atom. The van der Waals surface area contributed by atoms with Crippen molar-refractivity contribution < 1.29 is 19.8 Å². The van der Waals surface area contributed by atoms with Crippen LogP contribution >= 0.6 is 0 Å². The molecule has 20 heavy (non-hydrogen) atoms. The van der Waals surface area contributed by atoms with Gasteiger partial charge in [-0.25, -0.2) is 0 Å². The van der Waals surface area contributed by atoms with E-state index in [9.17, 15) is 19.8 Å². The molecule has 1 amide bonds. The molecular formula is C15H19NO4. The van der Waals surface area contributed by atoms with Crippen LogP contribution < -0.4 is 5.32 Å². The number of carbonyl (C=O) groups excluding carboxylic acids is 1. The van der Waals surface area contributed by atoms with E-state index in [1.54, 1.807) is 19.1 Å². The van der Waals surface area contributed by atoms with E-state index in [1.165, 1.54) is 6.07 Å². The monoisotopic (exact) mass is 277 g/mol. The maximum absolute atomic E-state index is 12.0. The van der Waals surface area contributed by atoms with Crippen LogP contribution in [0, 0.1) is 12.3 Å². The molecule has 0 aliphatic heterocycles. The summed E-state index contributed by atoms with van der Waals surface area (Å²) < 4.78 is 0. The number of hydrogen-bond donors (Lipinski definition) is 3. The highest BCUT2D eigenvalue weighted by molar-refractivity contribution is 5.94. The van der Waals surface area contributed by atoms with Crippen LogP contribution in [0.15, 0.2) is 18.2 Å². The van der Waals surface area contributed by atoms with Crippen molar-refractivity contribution in [2.45, 2.75) is 39.0 Å². The Balaban J connectivity index is 2.04. The number of anilines is 1. The highest BCUT2D eigenvalue weighted by atomic mass is 16.4. The summed E-state index contributed by atoms with van der Waals surface area (Å²) in [7, 11) is 0. The minimum absolute atomic E-state index is 0.00224. The van der Waals surface area contributed by atoms with Gasteiger partial charge in [-0.15, -0.1) is 0 Å². The second-order valence-corrected chi connectivity index (χ2v) is 5.52. The lowest BCUT2D eigenvalue weighted by Crippen LogP contribution is -2.32. The van der Waals surface area contributed by atoms with Crippen molar-refractivity contribution >= 4 is 17.6 Å². The smallest absolute Gasteiger partial charge is 0.310 e. The molecule has 108 valence electrons. The first kappa shape index (κ1) is 14.4. The lowest BCUT2D eigenvalue weighted by atomic mass is 9.82. The van der Waals surface area contributed by atoms with E-state index in [2.05, 4.69) is 5.32 Å². The number of rotatable bonds is 4. The summed E-state index contributed by atoms with van der Waals surface area (Å²) in [5.41, 5.74) is 0.330. The number of nitrogens with one attached hydrogen (secondary N) is 1. The maximum Gasteiger partial charge on any atom is 0.310 e. The highest BCUT2D eigenvalue weighted by Crippen LogP contribution is 2.41. The van der Waals surface area contributed by atoms with E-state index in [4.69, 9.17) is 0 Å². The van der Waals surface area contributed by atoms with Crippen LogP contribution in [0.2, 0.25) is 0 Å². The van der Waals surface area contributed by atoms with E-state index in [0.29, 0.717) is 24.1 Å². The summed E-state index contributed by atoms with van der Waals surface area (Å²) in [5.74, 6) is -1.01. The fourth-order valence-electron chi connectivity index (χ4n) is 2.76. The Kier molecular flexibility index (Phi) is 3.97. The molecule has 3 N–H and O–H groups in total. The molecular weight excluding hydrogens is 258 g/mol. The van der Waals surface area contributed by atoms with E-state index in [0.717, 1.165) is 12.8 Å². The lowest BCUT2D eigenvalue weighted by molar-refractivity contribution is -0.150. The van der Waals surface area contributed by atoms with Crippen molar-refractivity contribution in [1.29, 1.82) is 0 Å². The van der Waals surface area contributed by atoms with Crippen molar-refractivity contribution in [3.05, 3.63) is 23.8 Å². The van der Waals surface area contributed by atoms with Crippen molar-refractivity contribution in [2.24, 2.45) is 5.41 Å². The molecule has 0 unspecified atom stereocenters. The Bertz CT molecular complexity index is 533. The molecule has 0 bridgehead atoms. The second-order valence-electron chi connectivity index (χ2n) is 5.52. The number of amides is 1. The molecule has 1 aliphatic carbocycles. The summed E-state index contributed by atoms with van der Waals surface area (Å²) in [6.45, 7) is 1.74. The van der Waals surface area contributed by atoms with Crippen LogP contribution in [0.4, 0.5) is 5.69 Å². The van der Waals surface area contributed by atoms with Gasteiger partial charge in [-0.1, -0.05) is 12.8 Å². The van der Waals surface area contributed by atoms with Crippen LogP contribution in [0.5, 0.6) is 5.75 Å². The zero-order chi connectivity index (χ0) is 14.8. The summed E-state index contributed by atoms with van der Waals surface area (Å²) in [6, 6.07) is 4.77. The molecule has 5 heteroatoms. The number of hydrogen-bond acceptors (Lipinski definition) is 3. The topological polar surface area (TPSA) is 86.6 Å². The standard InChI is InChI=1S/C15H19NO4/c1-10-8-11(4-5-12(10)17)16-13(18)9-15(14(19)20)6-2-3-7-15/h4-5,8,17H,2-3,6-7,9H2,1H3,(H,16,18)(H,19,20). The first-order chi connectivity index (χ1) is 9.43. The minimum atomic E-state index is -0.907. The molecule has 0 spiro atoms. The molecule has 0 saturated heterocycles. The normalized spacial score (nSPS) is 16.9. The molecule has 5 nitrogen and oxygen atoms in total. The van der Waals surface area contributed by atoms with Gasteiger partial charge in [0.15, 0.2) is 0 Å². The van der Waals surface area contributed by atoms with Crippen molar-refractivity contribution in [3.8, 4) is 5.75 Å². The Labute approximate surface area is 117 Å². The average molecular weight is 277 g/mol. The van der Waals surface area contributed by atoms with Gasteiger partial charge in [0.1, 0.15) is 5.75 Å². The summed E-state index contributed by atoms with van der Waals surface area (Å²) in [6.07, 6.45) is 2.84. The number of benzene rings is 1. The van der Waals surface area contributed by atoms with Crippen molar-refractivity contribution in [1.82, 2.24) is 0 Å². The molecule has 1 aromatic carbocycles. The quantitative estimate of drug-likeness (QED) is 0.738. The van der Waals surface area contributed by atoms with E-state index in [-0.39, 0.29) is 18.1 Å². The number of carboxylic acid groups (broad SMARTS) is 1. The number of phenolic OH excluding ortho intramolecular Hbond substituents is 1.